The number of anilines is 1. The van der Waals surface area contributed by atoms with E-state index in [0.717, 1.165) is 25.9 Å². The lowest BCUT2D eigenvalue weighted by Crippen LogP contribution is -2.55. The van der Waals surface area contributed by atoms with E-state index in [1.54, 1.807) is 15.9 Å². The van der Waals surface area contributed by atoms with Crippen molar-refractivity contribution in [3.05, 3.63) is 29.6 Å². The van der Waals surface area contributed by atoms with Gasteiger partial charge >= 0.3 is 0 Å². The minimum absolute atomic E-state index is 0.0328. The fourth-order valence-electron chi connectivity index (χ4n) is 3.68. The molecule has 3 rings (SSSR count). The van der Waals surface area contributed by atoms with Crippen molar-refractivity contribution in [1.29, 1.82) is 0 Å². The van der Waals surface area contributed by atoms with Crippen LogP contribution in [0.4, 0.5) is 10.1 Å². The van der Waals surface area contributed by atoms with E-state index in [0.29, 0.717) is 31.7 Å². The number of hydrogen-bond donors (Lipinski definition) is 0. The van der Waals surface area contributed by atoms with Crippen molar-refractivity contribution in [2.24, 2.45) is 0 Å². The molecule has 0 aliphatic carbocycles. The molecule has 0 atom stereocenters. The van der Waals surface area contributed by atoms with Crippen LogP contribution in [0.3, 0.4) is 0 Å². The normalized spacial score (nSPS) is 19.3. The Morgan fingerprint density at radius 1 is 1.15 bits per heavy atom. The average Bonchev–Trinajstić information content (AvgIpc) is 3.07. The summed E-state index contributed by atoms with van der Waals surface area (Å²) in [4.78, 5) is 30.5. The average molecular weight is 361 g/mol. The third-order valence-corrected chi connectivity index (χ3v) is 5.85. The van der Waals surface area contributed by atoms with Crippen LogP contribution in [0.2, 0.25) is 0 Å². The van der Waals surface area contributed by atoms with Crippen LogP contribution in [-0.4, -0.2) is 59.9 Å². The Kier molecular flexibility index (Phi) is 5.32. The van der Waals surface area contributed by atoms with E-state index in [-0.39, 0.29) is 22.9 Å². The van der Waals surface area contributed by atoms with E-state index in [4.69, 9.17) is 0 Å². The first-order valence-electron chi connectivity index (χ1n) is 9.48. The third-order valence-electron chi connectivity index (χ3n) is 5.85. The van der Waals surface area contributed by atoms with Gasteiger partial charge in [0, 0.05) is 50.4 Å². The number of nitrogens with zero attached hydrogens (tertiary/aromatic N) is 3. The molecule has 0 spiro atoms. The predicted molar refractivity (Wildman–Crippen MR) is 99.8 cm³/mol. The van der Waals surface area contributed by atoms with E-state index in [9.17, 15) is 14.0 Å². The summed E-state index contributed by atoms with van der Waals surface area (Å²) in [6.07, 6.45) is 2.35. The van der Waals surface area contributed by atoms with Crippen LogP contribution in [0.15, 0.2) is 18.2 Å². The van der Waals surface area contributed by atoms with Gasteiger partial charge in [0.05, 0.1) is 5.56 Å². The van der Waals surface area contributed by atoms with Gasteiger partial charge < -0.3 is 9.80 Å². The molecular weight excluding hydrogens is 333 g/mol. The highest BCUT2D eigenvalue weighted by Gasteiger charge is 2.31. The van der Waals surface area contributed by atoms with E-state index in [1.165, 1.54) is 12.1 Å². The SMILES string of the molecule is CCC(C)(C)N1CCN(C(=O)c2cc(N3CCCC3=O)ccc2F)CC1. The van der Waals surface area contributed by atoms with E-state index >= 15 is 0 Å². The maximum absolute atomic E-state index is 14.3. The van der Waals surface area contributed by atoms with Gasteiger partial charge in [-0.3, -0.25) is 14.5 Å². The summed E-state index contributed by atoms with van der Waals surface area (Å²) in [5, 5.41) is 0. The Hall–Kier alpha value is -1.95. The van der Waals surface area contributed by atoms with E-state index in [1.807, 2.05) is 0 Å². The van der Waals surface area contributed by atoms with Gasteiger partial charge in [-0.2, -0.15) is 0 Å². The van der Waals surface area contributed by atoms with Gasteiger partial charge in [0.15, 0.2) is 0 Å². The molecule has 2 fully saturated rings. The van der Waals surface area contributed by atoms with Gasteiger partial charge in [-0.05, 0) is 44.9 Å². The second-order valence-electron chi connectivity index (χ2n) is 7.76. The van der Waals surface area contributed by atoms with Crippen LogP contribution < -0.4 is 4.90 Å². The molecule has 0 aromatic heterocycles. The summed E-state index contributed by atoms with van der Waals surface area (Å²) in [5.74, 6) is -0.780. The van der Waals surface area contributed by atoms with Crippen LogP contribution in [0.25, 0.3) is 0 Å². The summed E-state index contributed by atoms with van der Waals surface area (Å²) in [7, 11) is 0. The van der Waals surface area contributed by atoms with Crippen LogP contribution in [0.5, 0.6) is 0 Å². The summed E-state index contributed by atoms with van der Waals surface area (Å²) in [6.45, 7) is 9.97. The van der Waals surface area contributed by atoms with Crippen molar-refractivity contribution in [3.8, 4) is 0 Å². The van der Waals surface area contributed by atoms with Crippen molar-refractivity contribution >= 4 is 17.5 Å². The molecule has 2 aliphatic rings. The fraction of sp³-hybridized carbons (Fsp3) is 0.600. The quantitative estimate of drug-likeness (QED) is 0.828. The number of amides is 2. The molecule has 1 aromatic rings. The zero-order valence-electron chi connectivity index (χ0n) is 15.9. The second-order valence-corrected chi connectivity index (χ2v) is 7.76. The third kappa shape index (κ3) is 3.61. The number of hydrogen-bond acceptors (Lipinski definition) is 3. The topological polar surface area (TPSA) is 43.9 Å². The number of halogens is 1. The fourth-order valence-corrected chi connectivity index (χ4v) is 3.68. The van der Waals surface area contributed by atoms with Crippen LogP contribution >= 0.6 is 0 Å². The molecule has 6 heteroatoms. The van der Waals surface area contributed by atoms with Crippen molar-refractivity contribution in [3.63, 3.8) is 0 Å². The molecule has 0 unspecified atom stereocenters. The van der Waals surface area contributed by atoms with Crippen molar-refractivity contribution in [2.75, 3.05) is 37.6 Å². The number of carbonyl (C=O) groups is 2. The summed E-state index contributed by atoms with van der Waals surface area (Å²) in [5.41, 5.74) is 0.782. The smallest absolute Gasteiger partial charge is 0.256 e. The molecule has 0 saturated carbocycles. The Morgan fingerprint density at radius 2 is 1.85 bits per heavy atom. The number of piperazine rings is 1. The molecule has 0 bridgehead atoms. The minimum Gasteiger partial charge on any atom is -0.336 e. The molecule has 2 aliphatic heterocycles. The van der Waals surface area contributed by atoms with Crippen LogP contribution in [0, 0.1) is 5.82 Å². The summed E-state index contributed by atoms with van der Waals surface area (Å²) >= 11 is 0. The molecule has 142 valence electrons. The van der Waals surface area contributed by atoms with Gasteiger partial charge in [0.1, 0.15) is 5.82 Å². The lowest BCUT2D eigenvalue weighted by molar-refractivity contribution is -0.117. The highest BCUT2D eigenvalue weighted by Crippen LogP contribution is 2.26. The summed E-state index contributed by atoms with van der Waals surface area (Å²) in [6, 6.07) is 4.41. The maximum atomic E-state index is 14.3. The first kappa shape index (κ1) is 18.8. The molecule has 2 heterocycles. The lowest BCUT2D eigenvalue weighted by Gasteiger charge is -2.43. The first-order chi connectivity index (χ1) is 12.3. The van der Waals surface area contributed by atoms with Crippen molar-refractivity contribution in [1.82, 2.24) is 9.80 Å². The molecule has 1 aromatic carbocycles. The Labute approximate surface area is 154 Å². The van der Waals surface area contributed by atoms with E-state index < -0.39 is 5.82 Å². The summed E-state index contributed by atoms with van der Waals surface area (Å²) < 4.78 is 14.3. The molecule has 0 radical (unpaired) electrons. The second kappa shape index (κ2) is 7.35. The highest BCUT2D eigenvalue weighted by atomic mass is 19.1. The minimum atomic E-state index is -0.526. The van der Waals surface area contributed by atoms with E-state index in [2.05, 4.69) is 25.7 Å². The van der Waals surface area contributed by atoms with Crippen molar-refractivity contribution in [2.45, 2.75) is 45.6 Å². The molecule has 2 saturated heterocycles. The standard InChI is InChI=1S/C20H28FN3O2/c1-4-20(2,3)23-12-10-22(11-13-23)19(26)16-14-15(7-8-17(16)21)24-9-5-6-18(24)25/h7-8,14H,4-6,9-13H2,1-3H3. The van der Waals surface area contributed by atoms with Crippen LogP contribution in [-0.2, 0) is 4.79 Å². The largest absolute Gasteiger partial charge is 0.336 e. The van der Waals surface area contributed by atoms with Gasteiger partial charge in [-0.25, -0.2) is 4.39 Å². The number of rotatable bonds is 4. The highest BCUT2D eigenvalue weighted by molar-refractivity contribution is 5.99. The molecule has 26 heavy (non-hydrogen) atoms. The maximum Gasteiger partial charge on any atom is 0.256 e. The predicted octanol–water partition coefficient (Wildman–Crippen LogP) is 2.90. The monoisotopic (exact) mass is 361 g/mol. The zero-order valence-corrected chi connectivity index (χ0v) is 15.9. The molecule has 0 N–H and O–H groups in total. The number of carbonyl (C=O) groups excluding carboxylic acids is 2. The van der Waals surface area contributed by atoms with Gasteiger partial charge in [0.25, 0.3) is 5.91 Å². The first-order valence-corrected chi connectivity index (χ1v) is 9.48. The molecule has 2 amide bonds. The Balaban J connectivity index is 1.73. The van der Waals surface area contributed by atoms with Gasteiger partial charge in [-0.1, -0.05) is 6.92 Å². The van der Waals surface area contributed by atoms with Crippen molar-refractivity contribution < 1.29 is 14.0 Å². The number of benzene rings is 1. The zero-order chi connectivity index (χ0) is 18.9. The lowest BCUT2D eigenvalue weighted by atomic mass is 9.98. The molecular formula is C20H28FN3O2. The Bertz CT molecular complexity index is 696. The van der Waals surface area contributed by atoms with Gasteiger partial charge in [0.2, 0.25) is 5.91 Å². The Morgan fingerprint density at radius 3 is 2.42 bits per heavy atom. The molecule has 5 nitrogen and oxygen atoms in total. The van der Waals surface area contributed by atoms with Gasteiger partial charge in [-0.15, -0.1) is 0 Å². The van der Waals surface area contributed by atoms with Crippen LogP contribution in [0.1, 0.15) is 50.4 Å².